The molecule has 1 amide bonds. The van der Waals surface area contributed by atoms with E-state index in [1.807, 2.05) is 30.3 Å². The second-order valence-electron chi connectivity index (χ2n) is 7.55. The number of rotatable bonds is 8. The highest BCUT2D eigenvalue weighted by molar-refractivity contribution is 7.80. The summed E-state index contributed by atoms with van der Waals surface area (Å²) < 4.78 is 17.3. The Bertz CT molecular complexity index is 866. The number of para-hydroxylation sites is 3. The van der Waals surface area contributed by atoms with E-state index in [1.54, 1.807) is 18.2 Å². The Labute approximate surface area is 182 Å². The first kappa shape index (κ1) is 22.1. The Balaban J connectivity index is 1.60. The molecule has 0 radical (unpaired) electrons. The monoisotopic (exact) mass is 428 g/mol. The third-order valence-electron chi connectivity index (χ3n) is 4.51. The molecule has 0 aliphatic carbocycles. The molecule has 1 atom stereocenters. The van der Waals surface area contributed by atoms with Gasteiger partial charge in [0.15, 0.2) is 5.11 Å². The maximum Gasteiger partial charge on any atom is 0.261 e. The molecule has 160 valence electrons. The summed E-state index contributed by atoms with van der Waals surface area (Å²) in [5, 5.41) is 5.95. The SMILES string of the molecule is CC(C)COc1ccccc1C(=O)NC(=S)Nc1ccccc1OCC1CCCO1. The first-order chi connectivity index (χ1) is 14.5. The molecule has 2 N–H and O–H groups in total. The summed E-state index contributed by atoms with van der Waals surface area (Å²) in [7, 11) is 0. The molecule has 1 fully saturated rings. The minimum atomic E-state index is -0.329. The number of carbonyl (C=O) groups is 1. The van der Waals surface area contributed by atoms with E-state index in [4.69, 9.17) is 26.4 Å². The summed E-state index contributed by atoms with van der Waals surface area (Å²) in [5.74, 6) is 1.22. The van der Waals surface area contributed by atoms with Crippen LogP contribution in [0.5, 0.6) is 11.5 Å². The topological polar surface area (TPSA) is 68.8 Å². The molecule has 1 heterocycles. The van der Waals surface area contributed by atoms with Crippen molar-refractivity contribution in [1.29, 1.82) is 0 Å². The molecule has 2 aromatic rings. The predicted molar refractivity (Wildman–Crippen MR) is 121 cm³/mol. The van der Waals surface area contributed by atoms with Crippen LogP contribution in [0.4, 0.5) is 5.69 Å². The smallest absolute Gasteiger partial charge is 0.261 e. The molecule has 0 spiro atoms. The fraction of sp³-hybridized carbons (Fsp3) is 0.391. The van der Waals surface area contributed by atoms with Gasteiger partial charge >= 0.3 is 0 Å². The van der Waals surface area contributed by atoms with Crippen molar-refractivity contribution in [3.05, 3.63) is 54.1 Å². The fourth-order valence-corrected chi connectivity index (χ4v) is 3.22. The normalized spacial score (nSPS) is 15.6. The summed E-state index contributed by atoms with van der Waals surface area (Å²) in [6.45, 7) is 5.91. The molecule has 2 aromatic carbocycles. The predicted octanol–water partition coefficient (Wildman–Crippen LogP) is 4.41. The Kier molecular flexibility index (Phi) is 8.04. The van der Waals surface area contributed by atoms with Crippen molar-refractivity contribution in [3.8, 4) is 11.5 Å². The number of carbonyl (C=O) groups excluding carboxylic acids is 1. The third-order valence-corrected chi connectivity index (χ3v) is 4.72. The van der Waals surface area contributed by atoms with Gasteiger partial charge in [-0.15, -0.1) is 0 Å². The van der Waals surface area contributed by atoms with Crippen LogP contribution in [0, 0.1) is 5.92 Å². The van der Waals surface area contributed by atoms with Crippen LogP contribution in [-0.4, -0.2) is 36.9 Å². The van der Waals surface area contributed by atoms with E-state index in [-0.39, 0.29) is 17.1 Å². The van der Waals surface area contributed by atoms with E-state index in [1.165, 1.54) is 0 Å². The largest absolute Gasteiger partial charge is 0.492 e. The van der Waals surface area contributed by atoms with Crippen molar-refractivity contribution in [2.24, 2.45) is 5.92 Å². The second kappa shape index (κ2) is 10.9. The summed E-state index contributed by atoms with van der Waals surface area (Å²) in [6, 6.07) is 14.6. The highest BCUT2D eigenvalue weighted by atomic mass is 32.1. The second-order valence-corrected chi connectivity index (χ2v) is 7.96. The zero-order valence-electron chi connectivity index (χ0n) is 17.4. The van der Waals surface area contributed by atoms with E-state index in [0.717, 1.165) is 19.4 Å². The van der Waals surface area contributed by atoms with Gasteiger partial charge in [-0.3, -0.25) is 10.1 Å². The number of amides is 1. The molecule has 7 heteroatoms. The number of benzene rings is 2. The van der Waals surface area contributed by atoms with Gasteiger partial charge in [-0.1, -0.05) is 38.1 Å². The first-order valence-electron chi connectivity index (χ1n) is 10.2. The molecule has 1 aliphatic heterocycles. The van der Waals surface area contributed by atoms with Crippen molar-refractivity contribution in [2.45, 2.75) is 32.8 Å². The Hall–Kier alpha value is -2.64. The summed E-state index contributed by atoms with van der Waals surface area (Å²) >= 11 is 5.35. The van der Waals surface area contributed by atoms with Gasteiger partial charge in [-0.25, -0.2) is 0 Å². The molecule has 1 aliphatic rings. The first-order valence-corrected chi connectivity index (χ1v) is 10.6. The van der Waals surface area contributed by atoms with E-state index >= 15 is 0 Å². The fourth-order valence-electron chi connectivity index (χ4n) is 3.01. The zero-order valence-corrected chi connectivity index (χ0v) is 18.2. The molecule has 0 bridgehead atoms. The number of nitrogens with one attached hydrogen (secondary N) is 2. The van der Waals surface area contributed by atoms with Gasteiger partial charge < -0.3 is 19.5 Å². The van der Waals surface area contributed by atoms with Crippen LogP contribution in [0.2, 0.25) is 0 Å². The quantitative estimate of drug-likeness (QED) is 0.607. The van der Waals surface area contributed by atoms with Crippen molar-refractivity contribution in [3.63, 3.8) is 0 Å². The van der Waals surface area contributed by atoms with Crippen LogP contribution in [0.25, 0.3) is 0 Å². The molecule has 1 saturated heterocycles. The Morgan fingerprint density at radius 2 is 1.87 bits per heavy atom. The average molecular weight is 429 g/mol. The maximum absolute atomic E-state index is 12.7. The minimum Gasteiger partial charge on any atom is -0.492 e. The number of anilines is 1. The Morgan fingerprint density at radius 1 is 1.13 bits per heavy atom. The lowest BCUT2D eigenvalue weighted by atomic mass is 10.2. The van der Waals surface area contributed by atoms with Gasteiger partial charge in [-0.2, -0.15) is 0 Å². The molecule has 6 nitrogen and oxygen atoms in total. The Morgan fingerprint density at radius 3 is 2.60 bits per heavy atom. The summed E-state index contributed by atoms with van der Waals surface area (Å²) in [4.78, 5) is 12.7. The minimum absolute atomic E-state index is 0.118. The molecule has 0 aromatic heterocycles. The van der Waals surface area contributed by atoms with E-state index in [9.17, 15) is 4.79 Å². The van der Waals surface area contributed by atoms with Crippen LogP contribution in [0.15, 0.2) is 48.5 Å². The van der Waals surface area contributed by atoms with Crippen molar-refractivity contribution in [1.82, 2.24) is 5.32 Å². The summed E-state index contributed by atoms with van der Waals surface area (Å²) in [5.41, 5.74) is 1.12. The van der Waals surface area contributed by atoms with Gasteiger partial charge in [0.1, 0.15) is 18.1 Å². The van der Waals surface area contributed by atoms with E-state index in [0.29, 0.717) is 41.9 Å². The van der Waals surface area contributed by atoms with Gasteiger partial charge in [-0.05, 0) is 55.2 Å². The standard InChI is InChI=1S/C23H28N2O4S/c1-16(2)14-28-20-11-5-3-9-18(20)22(26)25-23(30)24-19-10-4-6-12-21(19)29-15-17-8-7-13-27-17/h3-6,9-12,16-17H,7-8,13-15H2,1-2H3,(H2,24,25,26,30). The maximum atomic E-state index is 12.7. The summed E-state index contributed by atoms with van der Waals surface area (Å²) in [6.07, 6.45) is 2.18. The van der Waals surface area contributed by atoms with Crippen LogP contribution >= 0.6 is 12.2 Å². The average Bonchev–Trinajstić information content (AvgIpc) is 3.25. The molecule has 1 unspecified atom stereocenters. The van der Waals surface area contributed by atoms with Gasteiger partial charge in [0.05, 0.1) is 24.0 Å². The van der Waals surface area contributed by atoms with E-state index in [2.05, 4.69) is 24.5 Å². The molecule has 30 heavy (non-hydrogen) atoms. The van der Waals surface area contributed by atoms with Gasteiger partial charge in [0, 0.05) is 6.61 Å². The number of thiocarbonyl (C=S) groups is 1. The zero-order chi connectivity index (χ0) is 21.3. The van der Waals surface area contributed by atoms with Crippen molar-refractivity contribution in [2.75, 3.05) is 25.1 Å². The molecule has 3 rings (SSSR count). The van der Waals surface area contributed by atoms with Crippen LogP contribution < -0.4 is 20.1 Å². The lowest BCUT2D eigenvalue weighted by Gasteiger charge is -2.17. The van der Waals surface area contributed by atoms with Gasteiger partial charge in [0.25, 0.3) is 5.91 Å². The van der Waals surface area contributed by atoms with Crippen LogP contribution in [-0.2, 0) is 4.74 Å². The molecular formula is C23H28N2O4S. The highest BCUT2D eigenvalue weighted by Gasteiger charge is 2.18. The lowest BCUT2D eigenvalue weighted by molar-refractivity contribution is 0.0682. The highest BCUT2D eigenvalue weighted by Crippen LogP contribution is 2.25. The number of ether oxygens (including phenoxy) is 3. The van der Waals surface area contributed by atoms with Gasteiger partial charge in [0.2, 0.25) is 0 Å². The van der Waals surface area contributed by atoms with Crippen LogP contribution in [0.3, 0.4) is 0 Å². The lowest BCUT2D eigenvalue weighted by Crippen LogP contribution is -2.34. The number of hydrogen-bond acceptors (Lipinski definition) is 5. The van der Waals surface area contributed by atoms with Crippen molar-refractivity contribution >= 4 is 28.9 Å². The molecule has 0 saturated carbocycles. The number of hydrogen-bond donors (Lipinski definition) is 2. The third kappa shape index (κ3) is 6.43. The van der Waals surface area contributed by atoms with E-state index < -0.39 is 0 Å². The molecular weight excluding hydrogens is 400 g/mol. The van der Waals surface area contributed by atoms with Crippen LogP contribution in [0.1, 0.15) is 37.0 Å². The van der Waals surface area contributed by atoms with Crippen molar-refractivity contribution < 1.29 is 19.0 Å².